The number of rotatable bonds is 19. The maximum Gasteiger partial charge on any atom is 0.338 e. The Morgan fingerprint density at radius 1 is 0.614 bits per heavy atom. The van der Waals surface area contributed by atoms with E-state index in [0.717, 1.165) is 32.1 Å². The second-order valence-electron chi connectivity index (χ2n) is 15.4. The van der Waals surface area contributed by atoms with Gasteiger partial charge in [-0.15, -0.1) is 0 Å². The van der Waals surface area contributed by atoms with Crippen LogP contribution in [0.25, 0.3) is 0 Å². The molecule has 2 aromatic rings. The average molecular weight is 796 g/mol. The van der Waals surface area contributed by atoms with Crippen LogP contribution >= 0.6 is 0 Å². The van der Waals surface area contributed by atoms with Crippen LogP contribution in [0.1, 0.15) is 121 Å². The van der Waals surface area contributed by atoms with Crippen molar-refractivity contribution >= 4 is 29.4 Å². The van der Waals surface area contributed by atoms with Gasteiger partial charge >= 0.3 is 11.9 Å². The number of hydrogen-bond donors (Lipinski definition) is 1. The quantitative estimate of drug-likeness (QED) is 0.111. The Morgan fingerprint density at radius 2 is 1.11 bits per heavy atom. The fraction of sp³-hybridized carbons (Fsp3) is 0.622. The van der Waals surface area contributed by atoms with Crippen molar-refractivity contribution in [2.75, 3.05) is 19.8 Å². The number of carbonyl (C=O) groups excluding carboxylic acids is 5. The Bertz CT molecular complexity index is 1540. The molecular formula is C45H65NO11. The highest BCUT2D eigenvalue weighted by Gasteiger charge is 2.44. The minimum atomic E-state index is -0.641. The van der Waals surface area contributed by atoms with E-state index in [-0.39, 0.29) is 72.0 Å². The van der Waals surface area contributed by atoms with Crippen LogP contribution in [-0.2, 0) is 42.8 Å². The first-order valence-corrected chi connectivity index (χ1v) is 20.5. The molecule has 2 heterocycles. The maximum absolute atomic E-state index is 12.5. The van der Waals surface area contributed by atoms with Gasteiger partial charge in [-0.25, -0.2) is 9.59 Å². The molecule has 4 rings (SSSR count). The van der Waals surface area contributed by atoms with E-state index in [0.29, 0.717) is 37.2 Å². The van der Waals surface area contributed by atoms with E-state index in [9.17, 15) is 24.0 Å². The molecule has 1 N–H and O–H groups in total. The molecule has 0 saturated carbocycles. The van der Waals surface area contributed by atoms with Crippen LogP contribution in [0.4, 0.5) is 0 Å². The smallest absolute Gasteiger partial charge is 0.338 e. The summed E-state index contributed by atoms with van der Waals surface area (Å²) in [5.41, 5.74) is 1.01. The summed E-state index contributed by atoms with van der Waals surface area (Å²) in [6.07, 6.45) is 3.07. The summed E-state index contributed by atoms with van der Waals surface area (Å²) in [5.74, 6) is -0.0715. The topological polar surface area (TPSA) is 153 Å². The number of hydrogen-bond acceptors (Lipinski definition) is 11. The van der Waals surface area contributed by atoms with Crippen molar-refractivity contribution in [3.63, 3.8) is 0 Å². The van der Waals surface area contributed by atoms with Crippen molar-refractivity contribution in [2.24, 2.45) is 23.7 Å². The molecule has 0 aliphatic carbocycles. The first-order valence-electron chi connectivity index (χ1n) is 20.5. The van der Waals surface area contributed by atoms with Gasteiger partial charge < -0.3 is 43.3 Å². The molecular weight excluding hydrogens is 730 g/mol. The van der Waals surface area contributed by atoms with Crippen molar-refractivity contribution in [2.45, 2.75) is 137 Å². The molecule has 57 heavy (non-hydrogen) atoms. The normalized spacial score (nSPS) is 26.9. The fourth-order valence-corrected chi connectivity index (χ4v) is 7.02. The second-order valence-corrected chi connectivity index (χ2v) is 15.4. The lowest BCUT2D eigenvalue weighted by atomic mass is 9.82. The van der Waals surface area contributed by atoms with Crippen LogP contribution < -0.4 is 5.32 Å². The molecule has 2 aliphatic rings. The Labute approximate surface area is 339 Å². The van der Waals surface area contributed by atoms with E-state index >= 15 is 0 Å². The van der Waals surface area contributed by atoms with Crippen LogP contribution in [0.2, 0.25) is 0 Å². The van der Waals surface area contributed by atoms with E-state index in [2.05, 4.69) is 26.1 Å². The third-order valence-electron chi connectivity index (χ3n) is 10.9. The van der Waals surface area contributed by atoms with Gasteiger partial charge in [0, 0.05) is 38.9 Å². The van der Waals surface area contributed by atoms with Crippen LogP contribution in [0.5, 0.6) is 0 Å². The van der Waals surface area contributed by atoms with Gasteiger partial charge in [0.15, 0.2) is 18.7 Å². The Balaban J connectivity index is 0.000000307. The number of benzene rings is 2. The summed E-state index contributed by atoms with van der Waals surface area (Å²) in [5, 5.41) is 2.93. The summed E-state index contributed by atoms with van der Waals surface area (Å²) >= 11 is 0. The monoisotopic (exact) mass is 795 g/mol. The number of carbonyl (C=O) groups is 5. The van der Waals surface area contributed by atoms with Crippen molar-refractivity contribution in [3.8, 4) is 0 Å². The van der Waals surface area contributed by atoms with Gasteiger partial charge in [0.25, 0.3) is 0 Å². The van der Waals surface area contributed by atoms with Gasteiger partial charge in [0.2, 0.25) is 5.91 Å². The predicted octanol–water partition coefficient (Wildman–Crippen LogP) is 7.52. The molecule has 2 fully saturated rings. The third-order valence-corrected chi connectivity index (χ3v) is 10.9. The molecule has 12 heteroatoms. The highest BCUT2D eigenvalue weighted by molar-refractivity contribution is 5.89. The van der Waals surface area contributed by atoms with E-state index < -0.39 is 24.7 Å². The number of Topliss-reactive ketones (excluding diaryl/α,β-unsaturated/α-hetero) is 2. The van der Waals surface area contributed by atoms with Gasteiger partial charge in [0.05, 0.1) is 29.4 Å². The number of ether oxygens (including phenoxy) is 6. The Morgan fingerprint density at radius 3 is 1.61 bits per heavy atom. The first-order chi connectivity index (χ1) is 27.2. The lowest BCUT2D eigenvalue weighted by Crippen LogP contribution is -2.58. The van der Waals surface area contributed by atoms with Crippen LogP contribution in [0.15, 0.2) is 60.7 Å². The summed E-state index contributed by atoms with van der Waals surface area (Å²) in [6, 6.07) is 17.5. The molecule has 10 atom stereocenters. The van der Waals surface area contributed by atoms with E-state index in [4.69, 9.17) is 28.4 Å². The number of ketones is 2. The fourth-order valence-electron chi connectivity index (χ4n) is 7.02. The molecule has 0 radical (unpaired) electrons. The molecule has 2 aromatic carbocycles. The van der Waals surface area contributed by atoms with E-state index in [1.807, 2.05) is 38.1 Å². The molecule has 2 saturated heterocycles. The highest BCUT2D eigenvalue weighted by atomic mass is 16.7. The number of unbranched alkanes of at least 4 members (excludes halogenated alkanes) is 2. The molecule has 0 spiro atoms. The van der Waals surface area contributed by atoms with Gasteiger partial charge in [-0.2, -0.15) is 0 Å². The summed E-state index contributed by atoms with van der Waals surface area (Å²) in [6.45, 7) is 16.0. The molecule has 1 amide bonds. The van der Waals surface area contributed by atoms with Gasteiger partial charge in [0.1, 0.15) is 18.2 Å². The zero-order valence-electron chi connectivity index (χ0n) is 35.1. The van der Waals surface area contributed by atoms with Crippen LogP contribution in [0, 0.1) is 23.7 Å². The standard InChI is InChI=1S/C23H33NO6.C22H32O5/c1-15(25)10-8-9-13-28-23-21(24-18(4)26)17(3)16(2)20(30-23)14-29-22(27)19-11-6-5-7-12-19;1-5-19-16(3)17(4)20(27-21(24)18-12-7-6-8-13-18)22(26-19)25-14-10-9-11-15(2)23/h5-7,11-12,16-17,20-21,23H,8-10,13-14H2,1-4H3,(H,24,26);6-8,12-13,16-17,19-20,22H,5,9-11,14H2,1-4H3/t16-,17+,20?,21?,23-;16-,17-,19?,20?,22-/m10/s1. The third kappa shape index (κ3) is 15.7. The molecule has 0 bridgehead atoms. The van der Waals surface area contributed by atoms with Crippen molar-refractivity contribution in [3.05, 3.63) is 71.8 Å². The van der Waals surface area contributed by atoms with Gasteiger partial charge in [-0.1, -0.05) is 71.0 Å². The minimum Gasteiger partial charge on any atom is -0.459 e. The second kappa shape index (κ2) is 24.7. The molecule has 0 aromatic heterocycles. The molecule has 12 nitrogen and oxygen atoms in total. The SMILES string of the molecule is CC(=O)CCCCO[C@@H]1OC(COC(=O)c2ccccc2)[C@H](C)[C@H](C)C1NC(C)=O.CCC1O[C@H](OCCCCC(C)=O)C(OC(=O)c2ccccc2)[C@@H](C)[C@@H]1C. The zero-order valence-corrected chi connectivity index (χ0v) is 35.1. The van der Waals surface area contributed by atoms with E-state index in [1.54, 1.807) is 50.2 Å². The number of esters is 2. The Hall–Kier alpha value is -3.97. The lowest BCUT2D eigenvalue weighted by molar-refractivity contribution is -0.269. The summed E-state index contributed by atoms with van der Waals surface area (Å²) in [7, 11) is 0. The summed E-state index contributed by atoms with van der Waals surface area (Å²) in [4.78, 5) is 58.6. The lowest BCUT2D eigenvalue weighted by Gasteiger charge is -2.44. The Kier molecular flexibility index (Phi) is 20.6. The largest absolute Gasteiger partial charge is 0.459 e. The number of nitrogens with one attached hydrogen (secondary N) is 1. The van der Waals surface area contributed by atoms with E-state index in [1.165, 1.54) is 6.92 Å². The molecule has 2 aliphatic heterocycles. The highest BCUT2D eigenvalue weighted by Crippen LogP contribution is 2.35. The zero-order chi connectivity index (χ0) is 41.9. The van der Waals surface area contributed by atoms with Crippen molar-refractivity contribution < 1.29 is 52.4 Å². The predicted molar refractivity (Wildman–Crippen MR) is 215 cm³/mol. The van der Waals surface area contributed by atoms with Crippen LogP contribution in [0.3, 0.4) is 0 Å². The maximum atomic E-state index is 12.5. The van der Waals surface area contributed by atoms with Gasteiger partial charge in [-0.3, -0.25) is 4.79 Å². The number of amides is 1. The van der Waals surface area contributed by atoms with Crippen molar-refractivity contribution in [1.29, 1.82) is 0 Å². The van der Waals surface area contributed by atoms with Gasteiger partial charge in [-0.05, 0) is 88.0 Å². The van der Waals surface area contributed by atoms with Crippen molar-refractivity contribution in [1.82, 2.24) is 5.32 Å². The minimum absolute atomic E-state index is 0.0444. The van der Waals surface area contributed by atoms with Crippen LogP contribution in [-0.4, -0.2) is 86.2 Å². The molecule has 4 unspecified atom stereocenters. The first kappa shape index (κ1) is 47.4. The average Bonchev–Trinajstić information content (AvgIpc) is 3.19. The molecule has 316 valence electrons. The summed E-state index contributed by atoms with van der Waals surface area (Å²) < 4.78 is 35.4.